The number of rotatable bonds is 7. The van der Waals surface area contributed by atoms with E-state index in [1.54, 1.807) is 12.7 Å². The Bertz CT molecular complexity index is 558. The molecule has 0 spiro atoms. The van der Waals surface area contributed by atoms with Crippen LogP contribution in [0, 0.1) is 13.8 Å². The number of imidazole rings is 2. The van der Waals surface area contributed by atoms with Gasteiger partial charge in [-0.1, -0.05) is 24.4 Å². The number of aromatic nitrogens is 4. The van der Waals surface area contributed by atoms with E-state index in [0.29, 0.717) is 0 Å². The van der Waals surface area contributed by atoms with Crippen molar-refractivity contribution in [1.82, 2.24) is 19.9 Å². The summed E-state index contributed by atoms with van der Waals surface area (Å²) in [6, 6.07) is 0. The molecule has 0 bridgehead atoms. The maximum atomic E-state index is 5.42. The molecule has 2 heterocycles. The van der Waals surface area contributed by atoms with Crippen LogP contribution >= 0.6 is 24.4 Å². The van der Waals surface area contributed by atoms with Gasteiger partial charge >= 0.3 is 0 Å². The molecule has 0 fully saturated rings. The summed E-state index contributed by atoms with van der Waals surface area (Å²) in [6.07, 6.45) is 6.58. The fourth-order valence-corrected chi connectivity index (χ4v) is 2.44. The van der Waals surface area contributed by atoms with E-state index in [0.717, 1.165) is 58.2 Å². The van der Waals surface area contributed by atoms with Gasteiger partial charge in [0.2, 0.25) is 0 Å². The molecule has 6 heteroatoms. The van der Waals surface area contributed by atoms with Crippen molar-refractivity contribution in [3.63, 3.8) is 0 Å². The fourth-order valence-electron chi connectivity index (χ4n) is 1.96. The predicted octanol–water partition coefficient (Wildman–Crippen LogP) is 3.05. The van der Waals surface area contributed by atoms with Crippen molar-refractivity contribution in [2.45, 2.75) is 39.5 Å². The Morgan fingerprint density at radius 2 is 1.30 bits per heavy atom. The minimum atomic E-state index is 0.745. The molecule has 0 saturated carbocycles. The first-order valence-electron chi connectivity index (χ1n) is 6.57. The predicted molar refractivity (Wildman–Crippen MR) is 88.5 cm³/mol. The lowest BCUT2D eigenvalue weighted by atomic mass is 10.1. The van der Waals surface area contributed by atoms with Crippen LogP contribution in [0.4, 0.5) is 0 Å². The first-order chi connectivity index (χ1) is 9.56. The number of aryl methyl sites for hydroxylation is 2. The Hall–Kier alpha value is -1.40. The molecule has 106 valence electrons. The highest BCUT2D eigenvalue weighted by Crippen LogP contribution is 2.10. The van der Waals surface area contributed by atoms with Crippen molar-refractivity contribution in [1.29, 1.82) is 0 Å². The molecule has 2 N–H and O–H groups in total. The molecule has 2 aromatic rings. The topological polar surface area (TPSA) is 57.4 Å². The molecule has 0 radical (unpaired) electrons. The molecule has 0 saturated heterocycles. The van der Waals surface area contributed by atoms with Crippen LogP contribution in [0.1, 0.15) is 35.6 Å². The first-order valence-corrected chi connectivity index (χ1v) is 7.39. The molecule has 20 heavy (non-hydrogen) atoms. The van der Waals surface area contributed by atoms with Crippen LogP contribution in [0.25, 0.3) is 0 Å². The molecule has 0 atom stereocenters. The molecular formula is C14H18N4S2. The number of thiocarbonyl (C=S) groups is 2. The lowest BCUT2D eigenvalue weighted by Gasteiger charge is -2.05. The average Bonchev–Trinajstić information content (AvgIpc) is 2.98. The Morgan fingerprint density at radius 3 is 1.60 bits per heavy atom. The van der Waals surface area contributed by atoms with Crippen molar-refractivity contribution in [2.75, 3.05) is 0 Å². The van der Waals surface area contributed by atoms with Crippen molar-refractivity contribution in [2.24, 2.45) is 0 Å². The SMILES string of the molecule is Cc1[nH]cnc1CC(=S)CCC(=S)Cc1nc[nH]c1C. The van der Waals surface area contributed by atoms with E-state index in [1.165, 1.54) is 0 Å². The summed E-state index contributed by atoms with van der Waals surface area (Å²) in [6.45, 7) is 4.02. The van der Waals surface area contributed by atoms with Gasteiger partial charge in [0.15, 0.2) is 0 Å². The van der Waals surface area contributed by atoms with Gasteiger partial charge in [0.05, 0.1) is 24.0 Å². The smallest absolute Gasteiger partial charge is 0.0925 e. The van der Waals surface area contributed by atoms with Crippen molar-refractivity contribution < 1.29 is 0 Å². The van der Waals surface area contributed by atoms with Gasteiger partial charge in [-0.2, -0.15) is 0 Å². The van der Waals surface area contributed by atoms with Gasteiger partial charge in [-0.05, 0) is 36.4 Å². The summed E-state index contributed by atoms with van der Waals surface area (Å²) in [7, 11) is 0. The van der Waals surface area contributed by atoms with E-state index >= 15 is 0 Å². The largest absolute Gasteiger partial charge is 0.348 e. The monoisotopic (exact) mass is 306 g/mol. The summed E-state index contributed by atoms with van der Waals surface area (Å²) in [5, 5.41) is 0. The van der Waals surface area contributed by atoms with Crippen molar-refractivity contribution in [3.05, 3.63) is 35.4 Å². The van der Waals surface area contributed by atoms with Crippen LogP contribution in [0.15, 0.2) is 12.7 Å². The number of hydrogen-bond donors (Lipinski definition) is 2. The maximum Gasteiger partial charge on any atom is 0.0925 e. The first kappa shape index (κ1) is 15.0. The molecular weight excluding hydrogens is 288 g/mol. The van der Waals surface area contributed by atoms with E-state index in [-0.39, 0.29) is 0 Å². The standard InChI is InChI=1S/C14H18N4S2/c1-9-13(17-7-15-9)5-11(19)3-4-12(20)6-14-10(2)16-8-18-14/h7-8H,3-6H2,1-2H3,(H,15,17)(H,16,18). The van der Waals surface area contributed by atoms with Crippen molar-refractivity contribution in [3.8, 4) is 0 Å². The summed E-state index contributed by atoms with van der Waals surface area (Å²) < 4.78 is 0. The number of H-pyrrole nitrogens is 2. The van der Waals surface area contributed by atoms with Gasteiger partial charge in [-0.15, -0.1) is 0 Å². The van der Waals surface area contributed by atoms with Gasteiger partial charge in [-0.25, -0.2) is 9.97 Å². The number of aromatic amines is 2. The third-order valence-corrected chi connectivity index (χ3v) is 3.98. The molecule has 4 nitrogen and oxygen atoms in total. The normalized spacial score (nSPS) is 10.7. The van der Waals surface area contributed by atoms with Crippen LogP contribution in [-0.4, -0.2) is 29.7 Å². The van der Waals surface area contributed by atoms with Crippen molar-refractivity contribution >= 4 is 34.2 Å². The third-order valence-electron chi connectivity index (χ3n) is 3.28. The van der Waals surface area contributed by atoms with Crippen LogP contribution in [0.5, 0.6) is 0 Å². The molecule has 2 aromatic heterocycles. The highest BCUT2D eigenvalue weighted by molar-refractivity contribution is 7.80. The second kappa shape index (κ2) is 6.85. The third kappa shape index (κ3) is 4.05. The Morgan fingerprint density at radius 1 is 0.900 bits per heavy atom. The highest BCUT2D eigenvalue weighted by atomic mass is 32.1. The molecule has 2 rings (SSSR count). The highest BCUT2D eigenvalue weighted by Gasteiger charge is 2.08. The molecule has 0 aliphatic heterocycles. The molecule has 0 unspecified atom stereocenters. The molecule has 0 amide bonds. The zero-order chi connectivity index (χ0) is 14.5. The van der Waals surface area contributed by atoms with Gasteiger partial charge in [-0.3, -0.25) is 0 Å². The fraction of sp³-hybridized carbons (Fsp3) is 0.429. The van der Waals surface area contributed by atoms with Gasteiger partial charge < -0.3 is 9.97 Å². The number of nitrogens with zero attached hydrogens (tertiary/aromatic N) is 2. The zero-order valence-corrected chi connectivity index (χ0v) is 13.3. The van der Waals surface area contributed by atoms with Crippen LogP contribution < -0.4 is 0 Å². The Kier molecular flexibility index (Phi) is 5.14. The van der Waals surface area contributed by atoms with E-state index in [4.69, 9.17) is 24.4 Å². The lowest BCUT2D eigenvalue weighted by molar-refractivity contribution is 1.06. The quantitative estimate of drug-likeness (QED) is 0.772. The van der Waals surface area contributed by atoms with Gasteiger partial charge in [0.25, 0.3) is 0 Å². The summed E-state index contributed by atoms with van der Waals surface area (Å²) >= 11 is 10.8. The Balaban J connectivity index is 1.77. The zero-order valence-electron chi connectivity index (χ0n) is 11.7. The van der Waals surface area contributed by atoms with E-state index in [1.807, 2.05) is 13.8 Å². The maximum absolute atomic E-state index is 5.42. The number of hydrogen-bond acceptors (Lipinski definition) is 4. The van der Waals surface area contributed by atoms with Gasteiger partial charge in [0.1, 0.15) is 0 Å². The summed E-state index contributed by atoms with van der Waals surface area (Å²) in [5.41, 5.74) is 4.23. The lowest BCUT2D eigenvalue weighted by Crippen LogP contribution is -2.07. The molecule has 0 aliphatic carbocycles. The minimum Gasteiger partial charge on any atom is -0.348 e. The summed E-state index contributed by atoms with van der Waals surface area (Å²) in [5.74, 6) is 0. The average molecular weight is 306 g/mol. The summed E-state index contributed by atoms with van der Waals surface area (Å²) in [4.78, 5) is 16.7. The molecule has 0 aliphatic rings. The van der Waals surface area contributed by atoms with E-state index in [2.05, 4.69) is 19.9 Å². The van der Waals surface area contributed by atoms with Crippen LogP contribution in [0.3, 0.4) is 0 Å². The molecule has 0 aromatic carbocycles. The van der Waals surface area contributed by atoms with Gasteiger partial charge in [0, 0.05) is 24.2 Å². The number of nitrogens with one attached hydrogen (secondary N) is 2. The van der Waals surface area contributed by atoms with E-state index < -0.39 is 0 Å². The van der Waals surface area contributed by atoms with E-state index in [9.17, 15) is 0 Å². The second-order valence-corrected chi connectivity index (χ2v) is 6.03. The second-order valence-electron chi connectivity index (χ2n) is 4.88. The minimum absolute atomic E-state index is 0.745. The van der Waals surface area contributed by atoms with Crippen LogP contribution in [0.2, 0.25) is 0 Å². The Labute approximate surface area is 129 Å². The van der Waals surface area contributed by atoms with Crippen LogP contribution in [-0.2, 0) is 12.8 Å².